The van der Waals surface area contributed by atoms with E-state index in [0.717, 1.165) is 28.9 Å². The third-order valence-electron chi connectivity index (χ3n) is 2.89. The van der Waals surface area contributed by atoms with Crippen LogP contribution in [0.25, 0.3) is 17.3 Å². The fraction of sp³-hybridized carbons (Fsp3) is 0.176. The first-order chi connectivity index (χ1) is 9.83. The molecule has 1 aromatic heterocycles. The summed E-state index contributed by atoms with van der Waals surface area (Å²) in [5.41, 5.74) is 3.96. The summed E-state index contributed by atoms with van der Waals surface area (Å²) in [6, 6.07) is 11.9. The molecule has 2 nitrogen and oxygen atoms in total. The second-order valence-electron chi connectivity index (χ2n) is 4.42. The van der Waals surface area contributed by atoms with Crippen molar-refractivity contribution in [2.75, 3.05) is 0 Å². The summed E-state index contributed by atoms with van der Waals surface area (Å²) in [6.45, 7) is 2.17. The van der Waals surface area contributed by atoms with Gasteiger partial charge in [0.05, 0.1) is 16.5 Å². The van der Waals surface area contributed by atoms with Gasteiger partial charge in [-0.2, -0.15) is 4.99 Å². The van der Waals surface area contributed by atoms with E-state index < -0.39 is 0 Å². The van der Waals surface area contributed by atoms with Crippen molar-refractivity contribution >= 4 is 29.1 Å². The molecule has 0 unspecified atom stereocenters. The number of aliphatic imine (C=N–C) groups is 1. The molecular formula is C17H16N2S. The lowest BCUT2D eigenvalue weighted by Crippen LogP contribution is -1.83. The topological polar surface area (TPSA) is 25.2 Å². The number of unbranched alkanes of at least 4 members (excludes halogenated alkanes) is 1. The average Bonchev–Trinajstić information content (AvgIpc) is 2.49. The largest absolute Gasteiger partial charge is 0.256 e. The van der Waals surface area contributed by atoms with Gasteiger partial charge < -0.3 is 0 Å². The van der Waals surface area contributed by atoms with Crippen LogP contribution in [0.3, 0.4) is 0 Å². The van der Waals surface area contributed by atoms with Crippen LogP contribution < -0.4 is 0 Å². The molecule has 0 saturated heterocycles. The summed E-state index contributed by atoms with van der Waals surface area (Å²) in [7, 11) is 0. The van der Waals surface area contributed by atoms with Crippen LogP contribution >= 0.6 is 12.2 Å². The van der Waals surface area contributed by atoms with Crippen molar-refractivity contribution < 1.29 is 0 Å². The molecule has 0 fully saturated rings. The molecule has 0 amide bonds. The number of rotatable bonds is 5. The number of isothiocyanates is 1. The zero-order valence-corrected chi connectivity index (χ0v) is 12.2. The number of nitrogens with zero attached hydrogens (tertiary/aromatic N) is 2. The van der Waals surface area contributed by atoms with Crippen LogP contribution in [0.1, 0.15) is 25.3 Å². The van der Waals surface area contributed by atoms with Crippen LogP contribution in [0, 0.1) is 0 Å². The first-order valence-corrected chi connectivity index (χ1v) is 7.05. The van der Waals surface area contributed by atoms with E-state index in [1.165, 1.54) is 6.42 Å². The minimum absolute atomic E-state index is 0.808. The predicted octanol–water partition coefficient (Wildman–Crippen LogP) is 5.30. The maximum absolute atomic E-state index is 4.58. The van der Waals surface area contributed by atoms with Gasteiger partial charge in [-0.05, 0) is 42.4 Å². The molecule has 20 heavy (non-hydrogen) atoms. The number of thiocarbonyl (C=S) groups is 1. The fourth-order valence-corrected chi connectivity index (χ4v) is 1.93. The molecule has 100 valence electrons. The lowest BCUT2D eigenvalue weighted by atomic mass is 10.1. The molecular weight excluding hydrogens is 264 g/mol. The maximum atomic E-state index is 4.58. The minimum Gasteiger partial charge on any atom is -0.256 e. The molecule has 0 saturated carbocycles. The summed E-state index contributed by atoms with van der Waals surface area (Å²) < 4.78 is 0. The van der Waals surface area contributed by atoms with Crippen LogP contribution in [0.5, 0.6) is 0 Å². The van der Waals surface area contributed by atoms with Crippen LogP contribution in [-0.2, 0) is 0 Å². The molecule has 0 bridgehead atoms. The first kappa shape index (κ1) is 14.3. The van der Waals surface area contributed by atoms with Gasteiger partial charge in [0.2, 0.25) is 0 Å². The van der Waals surface area contributed by atoms with E-state index in [1.54, 1.807) is 0 Å². The number of benzene rings is 1. The van der Waals surface area contributed by atoms with Gasteiger partial charge in [0.15, 0.2) is 0 Å². The normalized spacial score (nSPS) is 10.4. The number of aromatic nitrogens is 1. The van der Waals surface area contributed by atoms with Crippen molar-refractivity contribution in [2.24, 2.45) is 4.99 Å². The van der Waals surface area contributed by atoms with Gasteiger partial charge in [-0.3, -0.25) is 4.98 Å². The minimum atomic E-state index is 0.808. The Morgan fingerprint density at radius 2 is 2.00 bits per heavy atom. The van der Waals surface area contributed by atoms with Gasteiger partial charge in [-0.1, -0.05) is 43.7 Å². The highest BCUT2D eigenvalue weighted by molar-refractivity contribution is 7.78. The van der Waals surface area contributed by atoms with Crippen molar-refractivity contribution in [1.82, 2.24) is 4.98 Å². The summed E-state index contributed by atoms with van der Waals surface area (Å²) >= 11 is 4.58. The molecule has 0 aliphatic rings. The molecule has 1 heterocycles. The standard InChI is InChI=1S/C17H16N2S/c1-2-3-4-5-14-6-11-17(18-12-14)15-7-9-16(10-8-15)19-13-20/h4-12H,2-3H2,1H3/b5-4+. The summed E-state index contributed by atoms with van der Waals surface area (Å²) in [6.07, 6.45) is 8.44. The van der Waals surface area contributed by atoms with E-state index in [9.17, 15) is 0 Å². The highest BCUT2D eigenvalue weighted by Gasteiger charge is 1.99. The Labute approximate surface area is 124 Å². The second kappa shape index (κ2) is 7.49. The van der Waals surface area contributed by atoms with Gasteiger partial charge >= 0.3 is 0 Å². The maximum Gasteiger partial charge on any atom is 0.0740 e. The number of pyridine rings is 1. The molecule has 0 atom stereocenters. The molecule has 0 aliphatic heterocycles. The van der Waals surface area contributed by atoms with E-state index in [2.05, 4.69) is 52.5 Å². The molecule has 0 aliphatic carbocycles. The molecule has 3 heteroatoms. The van der Waals surface area contributed by atoms with Gasteiger partial charge in [-0.15, -0.1) is 0 Å². The summed E-state index contributed by atoms with van der Waals surface area (Å²) in [5.74, 6) is 0. The Kier molecular flexibility index (Phi) is 5.36. The molecule has 0 N–H and O–H groups in total. The van der Waals surface area contributed by atoms with E-state index in [-0.39, 0.29) is 0 Å². The first-order valence-electron chi connectivity index (χ1n) is 6.64. The molecule has 2 rings (SSSR count). The van der Waals surface area contributed by atoms with Crippen molar-refractivity contribution in [3.63, 3.8) is 0 Å². The van der Waals surface area contributed by atoms with Gasteiger partial charge in [0.25, 0.3) is 0 Å². The number of hydrogen-bond acceptors (Lipinski definition) is 3. The number of allylic oxidation sites excluding steroid dienone is 1. The Morgan fingerprint density at radius 3 is 2.60 bits per heavy atom. The Morgan fingerprint density at radius 1 is 1.20 bits per heavy atom. The molecule has 0 radical (unpaired) electrons. The highest BCUT2D eigenvalue weighted by Crippen LogP contribution is 2.21. The van der Waals surface area contributed by atoms with Gasteiger partial charge in [-0.25, -0.2) is 0 Å². The zero-order chi connectivity index (χ0) is 14.2. The van der Waals surface area contributed by atoms with Crippen LogP contribution in [-0.4, -0.2) is 10.1 Å². The van der Waals surface area contributed by atoms with E-state index >= 15 is 0 Å². The molecule has 1 aromatic carbocycles. The third-order valence-corrected chi connectivity index (χ3v) is 2.98. The Balaban J connectivity index is 2.15. The summed E-state index contributed by atoms with van der Waals surface area (Å²) in [5, 5.41) is 2.36. The van der Waals surface area contributed by atoms with Crippen molar-refractivity contribution in [3.8, 4) is 11.3 Å². The average molecular weight is 280 g/mol. The lowest BCUT2D eigenvalue weighted by Gasteiger charge is -2.01. The third kappa shape index (κ3) is 3.95. The monoisotopic (exact) mass is 280 g/mol. The summed E-state index contributed by atoms with van der Waals surface area (Å²) in [4.78, 5) is 8.42. The fourth-order valence-electron chi connectivity index (χ4n) is 1.82. The molecule has 0 spiro atoms. The molecule has 2 aromatic rings. The van der Waals surface area contributed by atoms with E-state index in [1.807, 2.05) is 36.5 Å². The van der Waals surface area contributed by atoms with Crippen LogP contribution in [0.2, 0.25) is 0 Å². The second-order valence-corrected chi connectivity index (χ2v) is 4.60. The van der Waals surface area contributed by atoms with E-state index in [0.29, 0.717) is 0 Å². The Hall–Kier alpha value is -2.09. The van der Waals surface area contributed by atoms with Crippen LogP contribution in [0.4, 0.5) is 5.69 Å². The van der Waals surface area contributed by atoms with Gasteiger partial charge in [0, 0.05) is 11.8 Å². The number of hydrogen-bond donors (Lipinski definition) is 0. The Bertz CT molecular complexity index is 621. The van der Waals surface area contributed by atoms with Crippen LogP contribution in [0.15, 0.2) is 53.7 Å². The lowest BCUT2D eigenvalue weighted by molar-refractivity contribution is 0.962. The van der Waals surface area contributed by atoms with E-state index in [4.69, 9.17) is 0 Å². The predicted molar refractivity (Wildman–Crippen MR) is 88.3 cm³/mol. The van der Waals surface area contributed by atoms with Crippen molar-refractivity contribution in [2.45, 2.75) is 19.8 Å². The zero-order valence-electron chi connectivity index (χ0n) is 11.4. The quantitative estimate of drug-likeness (QED) is 0.548. The van der Waals surface area contributed by atoms with Gasteiger partial charge in [0.1, 0.15) is 0 Å². The smallest absolute Gasteiger partial charge is 0.0740 e. The van der Waals surface area contributed by atoms with Crippen molar-refractivity contribution in [3.05, 3.63) is 54.2 Å². The highest BCUT2D eigenvalue weighted by atomic mass is 32.1. The van der Waals surface area contributed by atoms with Crippen molar-refractivity contribution in [1.29, 1.82) is 0 Å². The SMILES string of the molecule is CCC/C=C/c1ccc(-c2ccc(N=C=S)cc2)nc1.